The highest BCUT2D eigenvalue weighted by Crippen LogP contribution is 2.42. The van der Waals surface area contributed by atoms with Crippen molar-refractivity contribution in [1.29, 1.82) is 0 Å². The van der Waals surface area contributed by atoms with Crippen molar-refractivity contribution in [3.63, 3.8) is 0 Å². The molecule has 1 aliphatic rings. The standard InChI is InChI=1S/C27H28F3N3O3/c1-14-8-15(10-24(31)27(14,2)35)18-6-7-32-13-16(18)9-23(34)22-5-4-19(28)26(33-22)25-20(29)11-17(36-3)12-21(25)30/h4-7,11-15,24,35H,8-10,31H2,1-3H3/t14-,15+,24+,27+/m0/s1. The summed E-state index contributed by atoms with van der Waals surface area (Å²) in [6, 6.07) is 5.39. The first-order chi connectivity index (χ1) is 17.0. The van der Waals surface area contributed by atoms with Crippen LogP contribution in [0.5, 0.6) is 5.75 Å². The Hall–Kier alpha value is -3.30. The monoisotopic (exact) mass is 499 g/mol. The van der Waals surface area contributed by atoms with E-state index < -0.39 is 46.1 Å². The van der Waals surface area contributed by atoms with E-state index in [1.807, 2.05) is 13.0 Å². The van der Waals surface area contributed by atoms with Gasteiger partial charge in [-0.15, -0.1) is 0 Å². The van der Waals surface area contributed by atoms with E-state index in [4.69, 9.17) is 10.5 Å². The maximum Gasteiger partial charge on any atom is 0.185 e. The number of carbonyl (C=O) groups excluding carboxylic acids is 1. The average Bonchev–Trinajstić information content (AvgIpc) is 2.83. The summed E-state index contributed by atoms with van der Waals surface area (Å²) >= 11 is 0. The summed E-state index contributed by atoms with van der Waals surface area (Å²) in [6.45, 7) is 3.68. The topological polar surface area (TPSA) is 98.3 Å². The van der Waals surface area contributed by atoms with E-state index in [9.17, 15) is 23.1 Å². The lowest BCUT2D eigenvalue weighted by molar-refractivity contribution is -0.0464. The second-order valence-electron chi connectivity index (χ2n) is 9.57. The third-order valence-electron chi connectivity index (χ3n) is 7.28. The summed E-state index contributed by atoms with van der Waals surface area (Å²) in [6.07, 6.45) is 4.35. The minimum absolute atomic E-state index is 0.0141. The van der Waals surface area contributed by atoms with Crippen molar-refractivity contribution in [2.45, 2.75) is 50.7 Å². The van der Waals surface area contributed by atoms with E-state index in [-0.39, 0.29) is 29.7 Å². The molecular weight excluding hydrogens is 471 g/mol. The van der Waals surface area contributed by atoms with Gasteiger partial charge in [0.05, 0.1) is 18.3 Å². The molecule has 1 aromatic carbocycles. The number of methoxy groups -OCH3 is 1. The third kappa shape index (κ3) is 4.85. The Bertz CT molecular complexity index is 1260. The van der Waals surface area contributed by atoms with Crippen LogP contribution in [-0.4, -0.2) is 39.6 Å². The van der Waals surface area contributed by atoms with Gasteiger partial charge in [-0.25, -0.2) is 18.2 Å². The lowest BCUT2D eigenvalue weighted by atomic mass is 9.67. The number of hydrogen-bond acceptors (Lipinski definition) is 6. The van der Waals surface area contributed by atoms with Gasteiger partial charge in [-0.3, -0.25) is 9.78 Å². The number of aliphatic hydroxyl groups is 1. The first kappa shape index (κ1) is 25.8. The molecule has 4 rings (SSSR count). The van der Waals surface area contributed by atoms with E-state index in [1.165, 1.54) is 13.2 Å². The number of carbonyl (C=O) groups is 1. The van der Waals surface area contributed by atoms with E-state index in [1.54, 1.807) is 19.3 Å². The zero-order valence-corrected chi connectivity index (χ0v) is 20.3. The van der Waals surface area contributed by atoms with Crippen LogP contribution in [0.15, 0.2) is 42.7 Å². The van der Waals surface area contributed by atoms with Crippen LogP contribution in [0.4, 0.5) is 13.2 Å². The number of nitrogens with two attached hydrogens (primary N) is 1. The number of ether oxygens (including phenoxy) is 1. The highest BCUT2D eigenvalue weighted by molar-refractivity contribution is 5.96. The molecule has 1 fully saturated rings. The summed E-state index contributed by atoms with van der Waals surface area (Å²) in [4.78, 5) is 21.3. The SMILES string of the molecule is COc1cc(F)c(-c2nc(C(=O)Cc3cnccc3[C@H]3C[C@@H](N)[C@](C)(O)[C@@H](C)C3)ccc2F)c(F)c1. The van der Waals surface area contributed by atoms with Crippen molar-refractivity contribution >= 4 is 5.78 Å². The first-order valence-corrected chi connectivity index (χ1v) is 11.7. The molecule has 3 aromatic rings. The molecular formula is C27H28F3N3O3. The van der Waals surface area contributed by atoms with E-state index in [2.05, 4.69) is 9.97 Å². The van der Waals surface area contributed by atoms with Gasteiger partial charge < -0.3 is 15.6 Å². The molecule has 0 unspecified atom stereocenters. The highest BCUT2D eigenvalue weighted by atomic mass is 19.1. The predicted octanol–water partition coefficient (Wildman–Crippen LogP) is 4.59. The number of Topliss-reactive ketones (excluding diaryl/α,β-unsaturated/α-hetero) is 1. The fourth-order valence-corrected chi connectivity index (χ4v) is 4.84. The maximum absolute atomic E-state index is 14.6. The minimum Gasteiger partial charge on any atom is -0.497 e. The van der Waals surface area contributed by atoms with Crippen LogP contribution in [0.3, 0.4) is 0 Å². The van der Waals surface area contributed by atoms with Crippen molar-refractivity contribution in [1.82, 2.24) is 9.97 Å². The lowest BCUT2D eigenvalue weighted by Crippen LogP contribution is -2.54. The van der Waals surface area contributed by atoms with Crippen molar-refractivity contribution in [2.75, 3.05) is 7.11 Å². The van der Waals surface area contributed by atoms with Gasteiger partial charge in [0.2, 0.25) is 0 Å². The molecule has 3 N–H and O–H groups in total. The molecule has 0 saturated heterocycles. The van der Waals surface area contributed by atoms with Gasteiger partial charge in [-0.1, -0.05) is 6.92 Å². The smallest absolute Gasteiger partial charge is 0.185 e. The van der Waals surface area contributed by atoms with E-state index >= 15 is 0 Å². The van der Waals surface area contributed by atoms with Gasteiger partial charge in [-0.2, -0.15) is 0 Å². The lowest BCUT2D eigenvalue weighted by Gasteiger charge is -2.44. The normalized spacial score (nSPS) is 23.9. The molecule has 0 radical (unpaired) electrons. The summed E-state index contributed by atoms with van der Waals surface area (Å²) in [5, 5.41) is 10.7. The molecule has 0 amide bonds. The van der Waals surface area contributed by atoms with Gasteiger partial charge in [0.15, 0.2) is 5.78 Å². The summed E-state index contributed by atoms with van der Waals surface area (Å²) in [5.41, 5.74) is 5.41. The van der Waals surface area contributed by atoms with Crippen LogP contribution in [0.25, 0.3) is 11.3 Å². The molecule has 0 aliphatic heterocycles. The number of aromatic nitrogens is 2. The van der Waals surface area contributed by atoms with Crippen LogP contribution in [0.1, 0.15) is 54.2 Å². The van der Waals surface area contributed by atoms with Crippen molar-refractivity contribution in [3.8, 4) is 17.0 Å². The van der Waals surface area contributed by atoms with Gasteiger partial charge in [0.1, 0.15) is 34.6 Å². The van der Waals surface area contributed by atoms with Crippen LogP contribution in [-0.2, 0) is 6.42 Å². The fourth-order valence-electron chi connectivity index (χ4n) is 4.84. The number of ketones is 1. The molecule has 2 aromatic heterocycles. The molecule has 0 spiro atoms. The Morgan fingerprint density at radius 3 is 2.50 bits per heavy atom. The zero-order chi connectivity index (χ0) is 26.2. The Morgan fingerprint density at radius 2 is 1.86 bits per heavy atom. The second kappa shape index (κ2) is 9.99. The number of hydrogen-bond donors (Lipinski definition) is 2. The Kier molecular flexibility index (Phi) is 7.15. The molecule has 2 heterocycles. The average molecular weight is 500 g/mol. The van der Waals surface area contributed by atoms with E-state index in [0.717, 1.165) is 23.8 Å². The Balaban J connectivity index is 1.63. The molecule has 1 aliphatic carbocycles. The molecule has 190 valence electrons. The summed E-state index contributed by atoms with van der Waals surface area (Å²) in [5.74, 6) is -3.65. The number of nitrogens with zero attached hydrogens (tertiary/aromatic N) is 2. The highest BCUT2D eigenvalue weighted by Gasteiger charge is 2.42. The fraction of sp³-hybridized carbons (Fsp3) is 0.370. The minimum atomic E-state index is -1.06. The van der Waals surface area contributed by atoms with Gasteiger partial charge in [0, 0.05) is 37.0 Å². The van der Waals surface area contributed by atoms with Crippen LogP contribution in [0.2, 0.25) is 0 Å². The van der Waals surface area contributed by atoms with Gasteiger partial charge in [-0.05, 0) is 60.9 Å². The number of rotatable bonds is 6. The molecule has 4 atom stereocenters. The summed E-state index contributed by atoms with van der Waals surface area (Å²) in [7, 11) is 1.25. The molecule has 1 saturated carbocycles. The van der Waals surface area contributed by atoms with Gasteiger partial charge in [0.25, 0.3) is 0 Å². The number of pyridine rings is 2. The Morgan fingerprint density at radius 1 is 1.17 bits per heavy atom. The zero-order valence-electron chi connectivity index (χ0n) is 20.3. The molecule has 36 heavy (non-hydrogen) atoms. The van der Waals surface area contributed by atoms with Gasteiger partial charge >= 0.3 is 0 Å². The predicted molar refractivity (Wildman–Crippen MR) is 128 cm³/mol. The first-order valence-electron chi connectivity index (χ1n) is 11.7. The van der Waals surface area contributed by atoms with Crippen molar-refractivity contribution in [2.24, 2.45) is 11.7 Å². The number of benzene rings is 1. The van der Waals surface area contributed by atoms with Crippen LogP contribution in [0, 0.1) is 23.4 Å². The van der Waals surface area contributed by atoms with Crippen molar-refractivity contribution < 1.29 is 27.8 Å². The van der Waals surface area contributed by atoms with E-state index in [0.29, 0.717) is 18.4 Å². The number of halogens is 3. The molecule has 0 bridgehead atoms. The Labute approximate surface area is 207 Å². The summed E-state index contributed by atoms with van der Waals surface area (Å²) < 4.78 is 48.5. The van der Waals surface area contributed by atoms with Crippen molar-refractivity contribution in [3.05, 3.63) is 77.0 Å². The quantitative estimate of drug-likeness (QED) is 0.482. The van der Waals surface area contributed by atoms with Crippen LogP contribution < -0.4 is 10.5 Å². The van der Waals surface area contributed by atoms with Crippen LogP contribution >= 0.6 is 0 Å². The molecule has 9 heteroatoms. The second-order valence-corrected chi connectivity index (χ2v) is 9.57. The molecule has 6 nitrogen and oxygen atoms in total. The maximum atomic E-state index is 14.6. The largest absolute Gasteiger partial charge is 0.497 e. The third-order valence-corrected chi connectivity index (χ3v) is 7.28.